The lowest BCUT2D eigenvalue weighted by molar-refractivity contribution is 0.103. The van der Waals surface area contributed by atoms with Crippen LogP contribution in [0.5, 0.6) is 17.2 Å². The summed E-state index contributed by atoms with van der Waals surface area (Å²) in [6.07, 6.45) is 0. The Labute approximate surface area is 162 Å². The number of para-hydroxylation sites is 2. The van der Waals surface area contributed by atoms with Crippen LogP contribution in [0, 0.1) is 6.92 Å². The SMILES string of the molecule is COc1ccc(C)cc1NC(=O)c1cc(COc2ccccc2OC)cs1. The topological polar surface area (TPSA) is 56.8 Å². The van der Waals surface area contributed by atoms with E-state index in [1.165, 1.54) is 11.3 Å². The van der Waals surface area contributed by atoms with Gasteiger partial charge in [-0.3, -0.25) is 4.79 Å². The van der Waals surface area contributed by atoms with E-state index in [0.717, 1.165) is 11.1 Å². The average molecular weight is 383 g/mol. The van der Waals surface area contributed by atoms with Crippen molar-refractivity contribution in [2.45, 2.75) is 13.5 Å². The highest BCUT2D eigenvalue weighted by Gasteiger charge is 2.13. The number of anilines is 1. The van der Waals surface area contributed by atoms with Gasteiger partial charge in [0.2, 0.25) is 0 Å². The predicted molar refractivity (Wildman–Crippen MR) is 107 cm³/mol. The van der Waals surface area contributed by atoms with Crippen LogP contribution in [0.3, 0.4) is 0 Å². The molecule has 3 aromatic rings. The molecule has 1 N–H and O–H groups in total. The van der Waals surface area contributed by atoms with Gasteiger partial charge in [0.05, 0.1) is 24.8 Å². The lowest BCUT2D eigenvalue weighted by atomic mass is 10.2. The summed E-state index contributed by atoms with van der Waals surface area (Å²) in [6, 6.07) is 15.0. The third-order valence-corrected chi connectivity index (χ3v) is 4.92. The maximum atomic E-state index is 12.6. The van der Waals surface area contributed by atoms with E-state index in [-0.39, 0.29) is 5.91 Å². The van der Waals surface area contributed by atoms with Crippen molar-refractivity contribution in [2.75, 3.05) is 19.5 Å². The molecule has 6 heteroatoms. The minimum atomic E-state index is -0.174. The summed E-state index contributed by atoms with van der Waals surface area (Å²) >= 11 is 1.38. The van der Waals surface area contributed by atoms with E-state index in [0.29, 0.717) is 34.4 Å². The normalized spacial score (nSPS) is 10.3. The van der Waals surface area contributed by atoms with Gasteiger partial charge in [0, 0.05) is 5.56 Å². The zero-order valence-electron chi connectivity index (χ0n) is 15.4. The molecule has 27 heavy (non-hydrogen) atoms. The number of ether oxygens (including phenoxy) is 3. The first-order valence-electron chi connectivity index (χ1n) is 8.40. The van der Waals surface area contributed by atoms with Crippen LogP contribution in [0.1, 0.15) is 20.8 Å². The van der Waals surface area contributed by atoms with Crippen LogP contribution in [-0.2, 0) is 6.61 Å². The van der Waals surface area contributed by atoms with Crippen LogP contribution >= 0.6 is 11.3 Å². The standard InChI is InChI=1S/C21H21NO4S/c1-14-8-9-17(24-2)16(10-14)22-21(23)20-11-15(13-27-20)12-26-19-7-5-4-6-18(19)25-3/h4-11,13H,12H2,1-3H3,(H,22,23). The zero-order valence-corrected chi connectivity index (χ0v) is 16.3. The molecule has 0 saturated carbocycles. The van der Waals surface area contributed by atoms with Crippen LogP contribution in [0.15, 0.2) is 53.9 Å². The first-order chi connectivity index (χ1) is 13.1. The van der Waals surface area contributed by atoms with Gasteiger partial charge in [-0.05, 0) is 48.2 Å². The summed E-state index contributed by atoms with van der Waals surface area (Å²) in [7, 11) is 3.19. The Bertz CT molecular complexity index is 935. The highest BCUT2D eigenvalue weighted by atomic mass is 32.1. The number of amides is 1. The summed E-state index contributed by atoms with van der Waals surface area (Å²) in [5.41, 5.74) is 2.62. The number of rotatable bonds is 7. The number of aryl methyl sites for hydroxylation is 1. The Morgan fingerprint density at radius 2 is 1.74 bits per heavy atom. The van der Waals surface area contributed by atoms with Gasteiger partial charge in [-0.25, -0.2) is 0 Å². The molecule has 140 valence electrons. The van der Waals surface area contributed by atoms with Gasteiger partial charge in [-0.2, -0.15) is 0 Å². The summed E-state index contributed by atoms with van der Waals surface area (Å²) in [5.74, 6) is 1.80. The Morgan fingerprint density at radius 1 is 1.00 bits per heavy atom. The number of hydrogen-bond donors (Lipinski definition) is 1. The van der Waals surface area contributed by atoms with Gasteiger partial charge in [-0.15, -0.1) is 11.3 Å². The molecule has 1 amide bonds. The summed E-state index contributed by atoms with van der Waals surface area (Å²) in [5, 5.41) is 4.82. The van der Waals surface area contributed by atoms with Crippen LogP contribution in [-0.4, -0.2) is 20.1 Å². The maximum Gasteiger partial charge on any atom is 0.265 e. The van der Waals surface area contributed by atoms with Gasteiger partial charge in [0.25, 0.3) is 5.91 Å². The molecule has 1 aromatic heterocycles. The van der Waals surface area contributed by atoms with Gasteiger partial charge >= 0.3 is 0 Å². The van der Waals surface area contributed by atoms with Crippen molar-refractivity contribution < 1.29 is 19.0 Å². The van der Waals surface area contributed by atoms with Gasteiger partial charge in [0.15, 0.2) is 11.5 Å². The molecule has 5 nitrogen and oxygen atoms in total. The lowest BCUT2D eigenvalue weighted by Gasteiger charge is -2.10. The van der Waals surface area contributed by atoms with E-state index >= 15 is 0 Å². The van der Waals surface area contributed by atoms with Crippen molar-refractivity contribution in [1.82, 2.24) is 0 Å². The zero-order chi connectivity index (χ0) is 19.2. The van der Waals surface area contributed by atoms with E-state index in [9.17, 15) is 4.79 Å². The van der Waals surface area contributed by atoms with E-state index < -0.39 is 0 Å². The number of hydrogen-bond acceptors (Lipinski definition) is 5. The Morgan fingerprint density at radius 3 is 2.48 bits per heavy atom. The third kappa shape index (κ3) is 4.60. The third-order valence-electron chi connectivity index (χ3n) is 3.94. The molecular weight excluding hydrogens is 362 g/mol. The number of thiophene rings is 1. The Hall–Kier alpha value is -2.99. The predicted octanol–water partition coefficient (Wildman–Crippen LogP) is 4.91. The molecule has 0 radical (unpaired) electrons. The van der Waals surface area contributed by atoms with Crippen molar-refractivity contribution in [3.8, 4) is 17.2 Å². The fraction of sp³-hybridized carbons (Fsp3) is 0.190. The van der Waals surface area contributed by atoms with Crippen LogP contribution in [0.4, 0.5) is 5.69 Å². The molecule has 3 rings (SSSR count). The van der Waals surface area contributed by atoms with E-state index in [4.69, 9.17) is 14.2 Å². The van der Waals surface area contributed by atoms with E-state index in [1.54, 1.807) is 14.2 Å². The van der Waals surface area contributed by atoms with E-state index in [1.807, 2.05) is 60.8 Å². The molecule has 0 atom stereocenters. The molecule has 0 bridgehead atoms. The number of methoxy groups -OCH3 is 2. The van der Waals surface area contributed by atoms with Crippen molar-refractivity contribution >= 4 is 22.9 Å². The van der Waals surface area contributed by atoms with Crippen molar-refractivity contribution in [2.24, 2.45) is 0 Å². The second-order valence-electron chi connectivity index (χ2n) is 5.92. The molecule has 0 aliphatic heterocycles. The first-order valence-corrected chi connectivity index (χ1v) is 9.28. The number of carbonyl (C=O) groups excluding carboxylic acids is 1. The molecule has 1 heterocycles. The summed E-state index contributed by atoms with van der Waals surface area (Å²) in [6.45, 7) is 2.32. The van der Waals surface area contributed by atoms with Crippen LogP contribution in [0.25, 0.3) is 0 Å². The average Bonchev–Trinajstić information content (AvgIpc) is 3.16. The lowest BCUT2D eigenvalue weighted by Crippen LogP contribution is -2.11. The fourth-order valence-electron chi connectivity index (χ4n) is 2.57. The number of nitrogens with one attached hydrogen (secondary N) is 1. The first kappa shape index (κ1) is 18.8. The molecule has 0 unspecified atom stereocenters. The molecule has 0 fully saturated rings. The summed E-state index contributed by atoms with van der Waals surface area (Å²) < 4.78 is 16.4. The second-order valence-corrected chi connectivity index (χ2v) is 6.83. The highest BCUT2D eigenvalue weighted by Crippen LogP contribution is 2.28. The van der Waals surface area contributed by atoms with E-state index in [2.05, 4.69) is 5.32 Å². The van der Waals surface area contributed by atoms with Crippen molar-refractivity contribution in [3.05, 3.63) is 69.9 Å². The quantitative estimate of drug-likeness (QED) is 0.630. The highest BCUT2D eigenvalue weighted by molar-refractivity contribution is 7.12. The Balaban J connectivity index is 1.67. The Kier molecular flexibility index (Phi) is 5.98. The minimum Gasteiger partial charge on any atom is -0.495 e. The molecule has 0 spiro atoms. The van der Waals surface area contributed by atoms with Gasteiger partial charge < -0.3 is 19.5 Å². The maximum absolute atomic E-state index is 12.6. The largest absolute Gasteiger partial charge is 0.495 e. The molecule has 0 saturated heterocycles. The molecule has 0 aliphatic carbocycles. The van der Waals surface area contributed by atoms with Crippen LogP contribution < -0.4 is 19.5 Å². The smallest absolute Gasteiger partial charge is 0.265 e. The van der Waals surface area contributed by atoms with Crippen molar-refractivity contribution in [3.63, 3.8) is 0 Å². The molecule has 2 aromatic carbocycles. The summed E-state index contributed by atoms with van der Waals surface area (Å²) in [4.78, 5) is 13.2. The van der Waals surface area contributed by atoms with Gasteiger partial charge in [0.1, 0.15) is 12.4 Å². The number of carbonyl (C=O) groups is 1. The minimum absolute atomic E-state index is 0.174. The van der Waals surface area contributed by atoms with Crippen molar-refractivity contribution in [1.29, 1.82) is 0 Å². The second kappa shape index (κ2) is 8.60. The molecular formula is C21H21NO4S. The van der Waals surface area contributed by atoms with Gasteiger partial charge in [-0.1, -0.05) is 18.2 Å². The monoisotopic (exact) mass is 383 g/mol. The molecule has 0 aliphatic rings. The number of benzene rings is 2. The van der Waals surface area contributed by atoms with Crippen LogP contribution in [0.2, 0.25) is 0 Å². The fourth-order valence-corrected chi connectivity index (χ4v) is 3.36.